The summed E-state index contributed by atoms with van der Waals surface area (Å²) in [7, 11) is 0. The number of nitrogens with zero attached hydrogens (tertiary/aromatic N) is 1. The van der Waals surface area contributed by atoms with Crippen molar-refractivity contribution < 1.29 is 22.7 Å². The third-order valence-electron chi connectivity index (χ3n) is 3.86. The number of benzene rings is 2. The van der Waals surface area contributed by atoms with Crippen molar-refractivity contribution in [3.05, 3.63) is 81.5 Å². The molecule has 0 amide bonds. The second kappa shape index (κ2) is 8.31. The Kier molecular flexibility index (Phi) is 6.00. The van der Waals surface area contributed by atoms with Gasteiger partial charge in [-0.15, -0.1) is 0 Å². The Morgan fingerprint density at radius 3 is 2.45 bits per heavy atom. The SMILES string of the molecule is Cc1ccc(Cl)cc1Nc1nc(C(F)(F)F)ccc1C(=O)Oc1cccc(Cl)c1. The summed E-state index contributed by atoms with van der Waals surface area (Å²) < 4.78 is 44.6. The third kappa shape index (κ3) is 5.19. The summed E-state index contributed by atoms with van der Waals surface area (Å²) in [5.74, 6) is -1.06. The molecule has 9 heteroatoms. The number of aryl methyl sites for hydroxylation is 1. The maximum Gasteiger partial charge on any atom is 0.433 e. The summed E-state index contributed by atoms with van der Waals surface area (Å²) >= 11 is 11.8. The number of halogens is 5. The first-order valence-corrected chi connectivity index (χ1v) is 8.98. The van der Waals surface area contributed by atoms with Crippen LogP contribution < -0.4 is 10.1 Å². The normalized spacial score (nSPS) is 11.2. The number of carbonyl (C=O) groups excluding carboxylic acids is 1. The molecule has 3 rings (SSSR count). The number of anilines is 2. The molecule has 1 N–H and O–H groups in total. The molecule has 0 atom stereocenters. The molecule has 3 aromatic rings. The van der Waals surface area contributed by atoms with Gasteiger partial charge in [0.2, 0.25) is 0 Å². The van der Waals surface area contributed by atoms with Crippen LogP contribution in [0, 0.1) is 6.92 Å². The van der Waals surface area contributed by atoms with E-state index in [-0.39, 0.29) is 17.1 Å². The first-order valence-electron chi connectivity index (χ1n) is 8.22. The second-order valence-electron chi connectivity index (χ2n) is 6.02. The third-order valence-corrected chi connectivity index (χ3v) is 4.34. The molecule has 0 saturated carbocycles. The molecule has 0 radical (unpaired) electrons. The van der Waals surface area contributed by atoms with Crippen molar-refractivity contribution in [3.63, 3.8) is 0 Å². The highest BCUT2D eigenvalue weighted by Gasteiger charge is 2.34. The zero-order valence-electron chi connectivity index (χ0n) is 14.8. The molecule has 0 spiro atoms. The van der Waals surface area contributed by atoms with Crippen LogP contribution in [0.1, 0.15) is 21.6 Å². The lowest BCUT2D eigenvalue weighted by molar-refractivity contribution is -0.141. The monoisotopic (exact) mass is 440 g/mol. The van der Waals surface area contributed by atoms with Crippen LogP contribution in [0.15, 0.2) is 54.6 Å². The van der Waals surface area contributed by atoms with Gasteiger partial charge in [-0.3, -0.25) is 0 Å². The lowest BCUT2D eigenvalue weighted by Crippen LogP contribution is -2.16. The van der Waals surface area contributed by atoms with Crippen LogP contribution in [-0.2, 0) is 6.18 Å². The molecule has 29 heavy (non-hydrogen) atoms. The van der Waals surface area contributed by atoms with Crippen molar-refractivity contribution in [2.24, 2.45) is 0 Å². The lowest BCUT2D eigenvalue weighted by Gasteiger charge is -2.15. The van der Waals surface area contributed by atoms with Gasteiger partial charge in [-0.25, -0.2) is 9.78 Å². The molecule has 0 fully saturated rings. The summed E-state index contributed by atoms with van der Waals surface area (Å²) in [5, 5.41) is 3.46. The quantitative estimate of drug-likeness (QED) is 0.363. The average Bonchev–Trinajstić information content (AvgIpc) is 2.64. The van der Waals surface area contributed by atoms with Crippen molar-refractivity contribution in [2.75, 3.05) is 5.32 Å². The van der Waals surface area contributed by atoms with Gasteiger partial charge in [-0.2, -0.15) is 13.2 Å². The molecule has 4 nitrogen and oxygen atoms in total. The number of hydrogen-bond acceptors (Lipinski definition) is 4. The minimum absolute atomic E-state index is 0.146. The maximum absolute atomic E-state index is 13.1. The zero-order chi connectivity index (χ0) is 21.2. The minimum atomic E-state index is -4.69. The molecule has 1 heterocycles. The van der Waals surface area contributed by atoms with Crippen molar-refractivity contribution in [3.8, 4) is 5.75 Å². The van der Waals surface area contributed by atoms with Gasteiger partial charge >= 0.3 is 12.1 Å². The van der Waals surface area contributed by atoms with E-state index in [0.29, 0.717) is 27.4 Å². The molecule has 0 unspecified atom stereocenters. The van der Waals surface area contributed by atoms with Gasteiger partial charge in [-0.05, 0) is 55.0 Å². The smallest absolute Gasteiger partial charge is 0.423 e. The topological polar surface area (TPSA) is 51.2 Å². The maximum atomic E-state index is 13.1. The molecule has 0 saturated heterocycles. The van der Waals surface area contributed by atoms with Crippen LogP contribution in [0.25, 0.3) is 0 Å². The predicted molar refractivity (Wildman–Crippen MR) is 105 cm³/mol. The number of pyridine rings is 1. The highest BCUT2D eigenvalue weighted by atomic mass is 35.5. The fourth-order valence-corrected chi connectivity index (χ4v) is 2.78. The van der Waals surface area contributed by atoms with Crippen LogP contribution in [0.3, 0.4) is 0 Å². The molecule has 0 bridgehead atoms. The molecule has 0 aliphatic rings. The Balaban J connectivity index is 2.01. The molecule has 1 aromatic heterocycles. The second-order valence-corrected chi connectivity index (χ2v) is 6.89. The summed E-state index contributed by atoms with van der Waals surface area (Å²) in [6.45, 7) is 1.73. The molecule has 150 valence electrons. The van der Waals surface area contributed by atoms with Gasteiger partial charge in [-0.1, -0.05) is 35.3 Å². The molecule has 0 aliphatic carbocycles. The lowest BCUT2D eigenvalue weighted by atomic mass is 10.1. The number of ether oxygens (including phenoxy) is 1. The van der Waals surface area contributed by atoms with E-state index in [1.807, 2.05) is 0 Å². The summed E-state index contributed by atoms with van der Waals surface area (Å²) in [4.78, 5) is 16.2. The van der Waals surface area contributed by atoms with Crippen LogP contribution in [0.2, 0.25) is 10.0 Å². The first-order chi connectivity index (χ1) is 13.6. The minimum Gasteiger partial charge on any atom is -0.423 e. The fourth-order valence-electron chi connectivity index (χ4n) is 2.43. The summed E-state index contributed by atoms with van der Waals surface area (Å²) in [5.41, 5.74) is -0.236. The number of carbonyl (C=O) groups is 1. The molecule has 0 aliphatic heterocycles. The van der Waals surface area contributed by atoms with E-state index < -0.39 is 17.8 Å². The van der Waals surface area contributed by atoms with Crippen LogP contribution in [0.5, 0.6) is 5.75 Å². The largest absolute Gasteiger partial charge is 0.433 e. The number of aromatic nitrogens is 1. The highest BCUT2D eigenvalue weighted by molar-refractivity contribution is 6.31. The van der Waals surface area contributed by atoms with Gasteiger partial charge in [0.25, 0.3) is 0 Å². The number of rotatable bonds is 4. The summed E-state index contributed by atoms with van der Waals surface area (Å²) in [6.07, 6.45) is -4.69. The van der Waals surface area contributed by atoms with Crippen molar-refractivity contribution in [1.82, 2.24) is 4.98 Å². The number of esters is 1. The van der Waals surface area contributed by atoms with E-state index in [4.69, 9.17) is 27.9 Å². The van der Waals surface area contributed by atoms with E-state index in [1.165, 1.54) is 18.2 Å². The predicted octanol–water partition coefficient (Wildman–Crippen LogP) is 6.68. The zero-order valence-corrected chi connectivity index (χ0v) is 16.4. The number of nitrogens with one attached hydrogen (secondary N) is 1. The van der Waals surface area contributed by atoms with E-state index in [2.05, 4.69) is 10.3 Å². The van der Waals surface area contributed by atoms with Gasteiger partial charge in [0, 0.05) is 15.7 Å². The van der Waals surface area contributed by atoms with Crippen molar-refractivity contribution in [2.45, 2.75) is 13.1 Å². The average molecular weight is 441 g/mol. The molecule has 2 aromatic carbocycles. The van der Waals surface area contributed by atoms with Gasteiger partial charge in [0.1, 0.15) is 22.8 Å². The first kappa shape index (κ1) is 21.0. The van der Waals surface area contributed by atoms with E-state index in [9.17, 15) is 18.0 Å². The molecular weight excluding hydrogens is 428 g/mol. The van der Waals surface area contributed by atoms with Crippen molar-refractivity contribution in [1.29, 1.82) is 0 Å². The number of hydrogen-bond donors (Lipinski definition) is 1. The van der Waals surface area contributed by atoms with Crippen molar-refractivity contribution >= 4 is 40.7 Å². The Morgan fingerprint density at radius 1 is 1.03 bits per heavy atom. The Labute approximate surface area is 174 Å². The van der Waals surface area contributed by atoms with E-state index in [0.717, 1.165) is 6.07 Å². The van der Waals surface area contributed by atoms with Crippen LogP contribution in [-0.4, -0.2) is 11.0 Å². The fraction of sp³-hybridized carbons (Fsp3) is 0.100. The van der Waals surface area contributed by atoms with Gasteiger partial charge < -0.3 is 10.1 Å². The van der Waals surface area contributed by atoms with Gasteiger partial charge in [0.15, 0.2) is 0 Å². The standard InChI is InChI=1S/C20H13Cl2F3N2O2/c1-11-5-6-13(22)10-16(11)26-18-15(7-8-17(27-18)20(23,24)25)19(28)29-14-4-2-3-12(21)9-14/h2-10H,1H3,(H,26,27). The Bertz CT molecular complexity index is 1070. The number of alkyl halides is 3. The highest BCUT2D eigenvalue weighted by Crippen LogP contribution is 2.32. The van der Waals surface area contributed by atoms with Gasteiger partial charge in [0.05, 0.1) is 0 Å². The Hall–Kier alpha value is -2.77. The molecular formula is C20H13Cl2F3N2O2. The van der Waals surface area contributed by atoms with Crippen LogP contribution in [0.4, 0.5) is 24.7 Å². The van der Waals surface area contributed by atoms with E-state index >= 15 is 0 Å². The summed E-state index contributed by atoms with van der Waals surface area (Å²) in [6, 6.07) is 12.6. The Morgan fingerprint density at radius 2 is 1.76 bits per heavy atom. The van der Waals surface area contributed by atoms with Crippen LogP contribution >= 0.6 is 23.2 Å². The van der Waals surface area contributed by atoms with E-state index in [1.54, 1.807) is 31.2 Å².